The molecule has 0 atom stereocenters. The van der Waals surface area contributed by atoms with Crippen LogP contribution in [-0.4, -0.2) is 20.9 Å². The molecule has 0 unspecified atom stereocenters. The van der Waals surface area contributed by atoms with Gasteiger partial charge in [-0.1, -0.05) is 11.6 Å². The highest BCUT2D eigenvalue weighted by molar-refractivity contribution is 6.04. The van der Waals surface area contributed by atoms with Gasteiger partial charge in [0.25, 0.3) is 5.91 Å². The first kappa shape index (κ1) is 22.6. The Morgan fingerprint density at radius 2 is 1.47 bits per heavy atom. The maximum Gasteiger partial charge on any atom is 0.255 e. The van der Waals surface area contributed by atoms with Gasteiger partial charge in [0.15, 0.2) is 0 Å². The molecule has 0 radical (unpaired) electrons. The number of benzene rings is 3. The number of hydrogen-bond acceptors (Lipinski definition) is 8. The Morgan fingerprint density at radius 3 is 2.22 bits per heavy atom. The van der Waals surface area contributed by atoms with Crippen molar-refractivity contribution >= 4 is 57.1 Å². The zero-order valence-electron chi connectivity index (χ0n) is 19.5. The first-order chi connectivity index (χ1) is 17.4. The molecular weight excluding hydrogens is 452 g/mol. The third kappa shape index (κ3) is 5.15. The third-order valence-corrected chi connectivity index (χ3v) is 5.50. The van der Waals surface area contributed by atoms with Gasteiger partial charge < -0.3 is 27.4 Å². The summed E-state index contributed by atoms with van der Waals surface area (Å²) in [5.41, 5.74) is 17.2. The van der Waals surface area contributed by atoms with E-state index in [1.807, 2.05) is 42.5 Å². The van der Waals surface area contributed by atoms with E-state index < -0.39 is 0 Å². The minimum atomic E-state index is -0.214. The van der Waals surface area contributed by atoms with Gasteiger partial charge >= 0.3 is 0 Å². The lowest BCUT2D eigenvalue weighted by atomic mass is 10.1. The molecule has 0 aliphatic rings. The lowest BCUT2D eigenvalue weighted by Gasteiger charge is -2.11. The molecule has 0 fully saturated rings. The standard InChI is InChI=1S/C27H24N8O/c1-16-2-11-22-21(14-16)23(12-13-30-22)31-18-7-9-20(10-8-18)33-26(36)17-3-5-19(6-4-17)32-25-15-24(28)34-27(29)35-25/h2-15H,1H3,(H,30,31)(H,33,36)(H5,28,29,32,34,35). The fraction of sp³-hybridized carbons (Fsp3) is 0.0370. The molecule has 0 spiro atoms. The van der Waals surface area contributed by atoms with E-state index in [0.29, 0.717) is 17.1 Å². The number of pyridine rings is 1. The molecule has 0 saturated heterocycles. The molecule has 9 heteroatoms. The van der Waals surface area contributed by atoms with Crippen molar-refractivity contribution in [2.45, 2.75) is 6.92 Å². The summed E-state index contributed by atoms with van der Waals surface area (Å²) in [7, 11) is 0. The van der Waals surface area contributed by atoms with Gasteiger partial charge in [-0.2, -0.15) is 9.97 Å². The Bertz CT molecular complexity index is 1530. The molecule has 0 bridgehead atoms. The molecule has 0 aliphatic heterocycles. The van der Waals surface area contributed by atoms with E-state index in [2.05, 4.69) is 43.9 Å². The van der Waals surface area contributed by atoms with E-state index >= 15 is 0 Å². The van der Waals surface area contributed by atoms with Crippen molar-refractivity contribution in [2.75, 3.05) is 27.4 Å². The number of anilines is 7. The van der Waals surface area contributed by atoms with Gasteiger partial charge in [0.2, 0.25) is 5.95 Å². The number of amides is 1. The van der Waals surface area contributed by atoms with E-state index in [1.54, 1.807) is 36.5 Å². The molecule has 0 aliphatic carbocycles. The summed E-state index contributed by atoms with van der Waals surface area (Å²) in [5, 5.41) is 10.5. The Kier molecular flexibility index (Phi) is 6.02. The molecule has 0 saturated carbocycles. The van der Waals surface area contributed by atoms with Gasteiger partial charge in [-0.3, -0.25) is 9.78 Å². The lowest BCUT2D eigenvalue weighted by molar-refractivity contribution is 0.102. The summed E-state index contributed by atoms with van der Waals surface area (Å²) in [6, 6.07) is 24.2. The molecule has 5 aromatic rings. The Morgan fingerprint density at radius 1 is 0.778 bits per heavy atom. The monoisotopic (exact) mass is 476 g/mol. The van der Waals surface area contributed by atoms with Crippen molar-refractivity contribution in [3.63, 3.8) is 0 Å². The van der Waals surface area contributed by atoms with E-state index in [1.165, 1.54) is 5.56 Å². The summed E-state index contributed by atoms with van der Waals surface area (Å²) < 4.78 is 0. The third-order valence-electron chi connectivity index (χ3n) is 5.50. The van der Waals surface area contributed by atoms with Crippen LogP contribution in [0.5, 0.6) is 0 Å². The number of nitrogens with two attached hydrogens (primary N) is 2. The molecule has 9 nitrogen and oxygen atoms in total. The summed E-state index contributed by atoms with van der Waals surface area (Å²) in [6.45, 7) is 2.06. The van der Waals surface area contributed by atoms with E-state index in [0.717, 1.165) is 28.0 Å². The van der Waals surface area contributed by atoms with Gasteiger partial charge in [0.1, 0.15) is 11.6 Å². The van der Waals surface area contributed by atoms with Crippen LogP contribution < -0.4 is 27.4 Å². The average molecular weight is 477 g/mol. The normalized spacial score (nSPS) is 10.7. The van der Waals surface area contributed by atoms with Crippen LogP contribution >= 0.6 is 0 Å². The van der Waals surface area contributed by atoms with Crippen molar-refractivity contribution in [1.82, 2.24) is 15.0 Å². The molecule has 178 valence electrons. The smallest absolute Gasteiger partial charge is 0.255 e. The summed E-state index contributed by atoms with van der Waals surface area (Å²) in [4.78, 5) is 25.1. The van der Waals surface area contributed by atoms with Crippen LogP contribution in [0.25, 0.3) is 10.9 Å². The second-order valence-electron chi connectivity index (χ2n) is 8.27. The van der Waals surface area contributed by atoms with E-state index in [-0.39, 0.29) is 17.7 Å². The van der Waals surface area contributed by atoms with Crippen molar-refractivity contribution in [2.24, 2.45) is 0 Å². The Labute approximate surface area is 207 Å². The number of nitrogens with one attached hydrogen (secondary N) is 3. The van der Waals surface area contributed by atoms with Crippen LogP contribution in [0.2, 0.25) is 0 Å². The molecule has 7 N–H and O–H groups in total. The molecule has 5 rings (SSSR count). The number of rotatable bonds is 6. The summed E-state index contributed by atoms with van der Waals surface area (Å²) >= 11 is 0. The predicted molar refractivity (Wildman–Crippen MR) is 145 cm³/mol. The average Bonchev–Trinajstić information content (AvgIpc) is 2.85. The van der Waals surface area contributed by atoms with Gasteiger partial charge in [-0.25, -0.2) is 0 Å². The zero-order chi connectivity index (χ0) is 25.1. The maximum absolute atomic E-state index is 12.7. The molecule has 1 amide bonds. The number of nitrogens with zero attached hydrogens (tertiary/aromatic N) is 3. The summed E-state index contributed by atoms with van der Waals surface area (Å²) in [5.74, 6) is 0.611. The van der Waals surface area contributed by atoms with E-state index in [9.17, 15) is 4.79 Å². The van der Waals surface area contributed by atoms with E-state index in [4.69, 9.17) is 11.5 Å². The second kappa shape index (κ2) is 9.59. The number of carbonyl (C=O) groups excluding carboxylic acids is 1. The van der Waals surface area contributed by atoms with Crippen LogP contribution in [0, 0.1) is 6.92 Å². The Balaban J connectivity index is 1.23. The number of aryl methyl sites for hydroxylation is 1. The summed E-state index contributed by atoms with van der Waals surface area (Å²) in [6.07, 6.45) is 1.79. The largest absolute Gasteiger partial charge is 0.383 e. The first-order valence-electron chi connectivity index (χ1n) is 11.2. The van der Waals surface area contributed by atoms with Crippen molar-refractivity contribution in [1.29, 1.82) is 0 Å². The molecular formula is C27H24N8O. The molecule has 2 heterocycles. The topological polar surface area (TPSA) is 144 Å². The van der Waals surface area contributed by atoms with Crippen molar-refractivity contribution in [3.05, 3.63) is 96.2 Å². The number of aromatic nitrogens is 3. The fourth-order valence-corrected chi connectivity index (χ4v) is 3.77. The number of nitrogen functional groups attached to an aromatic ring is 2. The molecule has 3 aromatic carbocycles. The van der Waals surface area contributed by atoms with Crippen LogP contribution in [0.1, 0.15) is 15.9 Å². The Hall–Kier alpha value is -5.18. The highest BCUT2D eigenvalue weighted by atomic mass is 16.1. The van der Waals surface area contributed by atoms with Gasteiger partial charge in [0.05, 0.1) is 5.52 Å². The minimum absolute atomic E-state index is 0.0824. The number of carbonyl (C=O) groups is 1. The second-order valence-corrected chi connectivity index (χ2v) is 8.27. The van der Waals surface area contributed by atoms with Gasteiger partial charge in [0, 0.05) is 46.0 Å². The van der Waals surface area contributed by atoms with Crippen LogP contribution in [-0.2, 0) is 0 Å². The first-order valence-corrected chi connectivity index (χ1v) is 11.2. The fourth-order valence-electron chi connectivity index (χ4n) is 3.77. The molecule has 36 heavy (non-hydrogen) atoms. The quantitative estimate of drug-likeness (QED) is 0.224. The SMILES string of the molecule is Cc1ccc2nccc(Nc3ccc(NC(=O)c4ccc(Nc5cc(N)nc(N)n5)cc4)cc3)c2c1. The lowest BCUT2D eigenvalue weighted by Crippen LogP contribution is -2.11. The van der Waals surface area contributed by atoms with Gasteiger partial charge in [-0.15, -0.1) is 0 Å². The minimum Gasteiger partial charge on any atom is -0.383 e. The predicted octanol–water partition coefficient (Wildman–Crippen LogP) is 5.24. The van der Waals surface area contributed by atoms with Gasteiger partial charge in [-0.05, 0) is 73.7 Å². The van der Waals surface area contributed by atoms with Crippen LogP contribution in [0.4, 0.5) is 40.3 Å². The highest BCUT2D eigenvalue weighted by Crippen LogP contribution is 2.27. The maximum atomic E-state index is 12.7. The number of hydrogen-bond donors (Lipinski definition) is 5. The highest BCUT2D eigenvalue weighted by Gasteiger charge is 2.08. The van der Waals surface area contributed by atoms with Crippen molar-refractivity contribution in [3.8, 4) is 0 Å². The van der Waals surface area contributed by atoms with Crippen LogP contribution in [0.3, 0.4) is 0 Å². The molecule has 2 aromatic heterocycles. The van der Waals surface area contributed by atoms with Crippen LogP contribution in [0.15, 0.2) is 85.1 Å². The number of fused-ring (bicyclic) bond motifs is 1. The van der Waals surface area contributed by atoms with Crippen molar-refractivity contribution < 1.29 is 4.79 Å². The zero-order valence-corrected chi connectivity index (χ0v) is 19.5.